The van der Waals surface area contributed by atoms with Gasteiger partial charge in [0.1, 0.15) is 6.54 Å². The highest BCUT2D eigenvalue weighted by Crippen LogP contribution is 2.27. The van der Waals surface area contributed by atoms with Crippen molar-refractivity contribution >= 4 is 61.9 Å². The molecule has 0 atom stereocenters. The quantitative estimate of drug-likeness (QED) is 0.280. The number of fused-ring (bicyclic) bond motifs is 1. The lowest BCUT2D eigenvalue weighted by Gasteiger charge is -2.14. The molecule has 0 saturated carbocycles. The predicted molar refractivity (Wildman–Crippen MR) is 131 cm³/mol. The minimum Gasteiger partial charge on any atom is -0.480 e. The SMILES string of the molecule is O=C(O)CNC(=O)c1ccc(Nc2nc3ccccc3nc2NS(=O)(=O)c2ccc(Cl)cc2)cc1. The number of aromatic nitrogens is 2. The molecule has 0 radical (unpaired) electrons. The molecule has 0 aliphatic heterocycles. The second kappa shape index (κ2) is 9.95. The molecule has 4 rings (SSSR count). The van der Waals surface area contributed by atoms with Gasteiger partial charge in [-0.3, -0.25) is 14.3 Å². The number of carbonyl (C=O) groups is 2. The second-order valence-corrected chi connectivity index (χ2v) is 9.37. The van der Waals surface area contributed by atoms with Crippen LogP contribution < -0.4 is 15.4 Å². The molecule has 0 fully saturated rings. The molecule has 4 aromatic rings. The summed E-state index contributed by atoms with van der Waals surface area (Å²) in [6, 6.07) is 18.8. The number of para-hydroxylation sites is 2. The number of halogens is 1. The number of hydrogen-bond acceptors (Lipinski definition) is 7. The molecule has 0 saturated heterocycles. The fourth-order valence-electron chi connectivity index (χ4n) is 3.06. The van der Waals surface area contributed by atoms with E-state index in [1.54, 1.807) is 36.4 Å². The van der Waals surface area contributed by atoms with Gasteiger partial charge in [0.2, 0.25) is 0 Å². The van der Waals surface area contributed by atoms with Crippen LogP contribution in [0, 0.1) is 0 Å². The second-order valence-electron chi connectivity index (χ2n) is 7.25. The molecular weight excluding hydrogens is 494 g/mol. The molecule has 3 aromatic carbocycles. The van der Waals surface area contributed by atoms with Crippen molar-refractivity contribution in [1.29, 1.82) is 0 Å². The Morgan fingerprint density at radius 1 is 0.857 bits per heavy atom. The first-order valence-electron chi connectivity index (χ1n) is 10.1. The molecule has 0 spiro atoms. The van der Waals surface area contributed by atoms with Crippen LogP contribution >= 0.6 is 11.6 Å². The van der Waals surface area contributed by atoms with Crippen molar-refractivity contribution in [2.75, 3.05) is 16.6 Å². The topological polar surface area (TPSA) is 150 Å². The maximum absolute atomic E-state index is 12.9. The first kappa shape index (κ1) is 23.9. The highest BCUT2D eigenvalue weighted by molar-refractivity contribution is 7.92. The third-order valence-corrected chi connectivity index (χ3v) is 6.34. The lowest BCUT2D eigenvalue weighted by Crippen LogP contribution is -2.29. The van der Waals surface area contributed by atoms with E-state index in [4.69, 9.17) is 16.7 Å². The standard InChI is InChI=1S/C23H18ClN5O5S/c24-15-7-11-17(12-8-15)35(33,34)29-22-21(27-18-3-1-2-4-19(18)28-22)26-16-9-5-14(6-10-16)23(32)25-13-20(30)31/h1-12H,13H2,(H,25,32)(H,26,27)(H,28,29)(H,30,31). The molecule has 4 N–H and O–H groups in total. The first-order chi connectivity index (χ1) is 16.7. The summed E-state index contributed by atoms with van der Waals surface area (Å²) in [6.07, 6.45) is 0. The lowest BCUT2D eigenvalue weighted by atomic mass is 10.2. The Bertz CT molecular complexity index is 1510. The van der Waals surface area contributed by atoms with Gasteiger partial charge in [0.15, 0.2) is 11.6 Å². The van der Waals surface area contributed by atoms with E-state index in [2.05, 4.69) is 25.3 Å². The molecule has 0 bridgehead atoms. The number of carboxylic acid groups (broad SMARTS) is 1. The molecule has 0 aliphatic rings. The van der Waals surface area contributed by atoms with Crippen molar-refractivity contribution in [3.8, 4) is 0 Å². The van der Waals surface area contributed by atoms with Gasteiger partial charge in [-0.15, -0.1) is 0 Å². The minimum atomic E-state index is -4.00. The fourth-order valence-corrected chi connectivity index (χ4v) is 4.19. The Balaban J connectivity index is 1.64. The average Bonchev–Trinajstić information content (AvgIpc) is 2.83. The average molecular weight is 512 g/mol. The summed E-state index contributed by atoms with van der Waals surface area (Å²) < 4.78 is 28.4. The van der Waals surface area contributed by atoms with Crippen molar-refractivity contribution in [3.63, 3.8) is 0 Å². The zero-order valence-corrected chi connectivity index (χ0v) is 19.5. The Morgan fingerprint density at radius 2 is 1.46 bits per heavy atom. The summed E-state index contributed by atoms with van der Waals surface area (Å²) in [7, 11) is -4.00. The zero-order valence-electron chi connectivity index (χ0n) is 17.9. The van der Waals surface area contributed by atoms with E-state index in [-0.39, 0.29) is 22.1 Å². The van der Waals surface area contributed by atoms with E-state index in [0.717, 1.165) is 0 Å². The van der Waals surface area contributed by atoms with Gasteiger partial charge in [-0.1, -0.05) is 23.7 Å². The number of aliphatic carboxylic acids is 1. The number of sulfonamides is 1. The smallest absolute Gasteiger partial charge is 0.322 e. The van der Waals surface area contributed by atoms with E-state index in [9.17, 15) is 18.0 Å². The van der Waals surface area contributed by atoms with E-state index in [1.807, 2.05) is 0 Å². The highest BCUT2D eigenvalue weighted by atomic mass is 35.5. The monoisotopic (exact) mass is 511 g/mol. The van der Waals surface area contributed by atoms with E-state index >= 15 is 0 Å². The Labute approximate surface area is 205 Å². The number of benzene rings is 3. The van der Waals surface area contributed by atoms with Crippen LogP contribution in [0.25, 0.3) is 11.0 Å². The third-order valence-electron chi connectivity index (χ3n) is 4.74. The summed E-state index contributed by atoms with van der Waals surface area (Å²) in [4.78, 5) is 31.6. The van der Waals surface area contributed by atoms with Gasteiger partial charge in [-0.25, -0.2) is 18.4 Å². The van der Waals surface area contributed by atoms with Crippen molar-refractivity contribution in [3.05, 3.63) is 83.4 Å². The molecule has 178 valence electrons. The van der Waals surface area contributed by atoms with E-state index in [1.165, 1.54) is 36.4 Å². The maximum Gasteiger partial charge on any atom is 0.322 e. The number of carbonyl (C=O) groups excluding carboxylic acids is 1. The van der Waals surface area contributed by atoms with Crippen molar-refractivity contribution < 1.29 is 23.1 Å². The number of amides is 1. The van der Waals surface area contributed by atoms with Crippen LogP contribution in [0.15, 0.2) is 77.7 Å². The number of rotatable bonds is 8. The van der Waals surface area contributed by atoms with Gasteiger partial charge in [0.25, 0.3) is 15.9 Å². The minimum absolute atomic E-state index is 0.000431. The van der Waals surface area contributed by atoms with Crippen LogP contribution in [0.1, 0.15) is 10.4 Å². The first-order valence-corrected chi connectivity index (χ1v) is 12.0. The Morgan fingerprint density at radius 3 is 2.06 bits per heavy atom. The van der Waals surface area contributed by atoms with Gasteiger partial charge in [-0.05, 0) is 60.7 Å². The molecule has 1 heterocycles. The van der Waals surface area contributed by atoms with Crippen LogP contribution in [0.4, 0.5) is 17.3 Å². The summed E-state index contributed by atoms with van der Waals surface area (Å²) in [5.74, 6) is -1.58. The summed E-state index contributed by atoms with van der Waals surface area (Å²) in [6.45, 7) is -0.497. The molecule has 10 nitrogen and oxygen atoms in total. The fraction of sp³-hybridized carbons (Fsp3) is 0.0435. The van der Waals surface area contributed by atoms with Crippen LogP contribution in [0.2, 0.25) is 5.02 Å². The van der Waals surface area contributed by atoms with Crippen LogP contribution in [-0.4, -0.2) is 41.9 Å². The number of nitrogens with zero attached hydrogens (tertiary/aromatic N) is 2. The Kier molecular flexibility index (Phi) is 6.80. The molecule has 1 amide bonds. The molecule has 12 heteroatoms. The summed E-state index contributed by atoms with van der Waals surface area (Å²) >= 11 is 5.87. The zero-order chi connectivity index (χ0) is 25.0. The maximum atomic E-state index is 12.9. The predicted octanol–water partition coefficient (Wildman–Crippen LogP) is 3.64. The van der Waals surface area contributed by atoms with Crippen LogP contribution in [0.3, 0.4) is 0 Å². The van der Waals surface area contributed by atoms with Gasteiger partial charge in [0, 0.05) is 16.3 Å². The van der Waals surface area contributed by atoms with Gasteiger partial charge >= 0.3 is 5.97 Å². The third kappa shape index (κ3) is 5.83. The number of carboxylic acids is 1. The molecular formula is C23H18ClN5O5S. The number of nitrogens with one attached hydrogen (secondary N) is 3. The molecule has 0 aliphatic carbocycles. The number of hydrogen-bond donors (Lipinski definition) is 4. The van der Waals surface area contributed by atoms with Crippen molar-refractivity contribution in [2.24, 2.45) is 0 Å². The lowest BCUT2D eigenvalue weighted by molar-refractivity contribution is -0.135. The molecule has 1 aromatic heterocycles. The van der Waals surface area contributed by atoms with Crippen molar-refractivity contribution in [2.45, 2.75) is 4.90 Å². The molecule has 35 heavy (non-hydrogen) atoms. The normalized spacial score (nSPS) is 11.1. The highest BCUT2D eigenvalue weighted by Gasteiger charge is 2.19. The summed E-state index contributed by atoms with van der Waals surface area (Å²) in [5.41, 5.74) is 1.77. The molecule has 0 unspecified atom stereocenters. The Hall–Kier alpha value is -4.22. The largest absolute Gasteiger partial charge is 0.480 e. The van der Waals surface area contributed by atoms with Gasteiger partial charge < -0.3 is 15.7 Å². The van der Waals surface area contributed by atoms with Gasteiger partial charge in [-0.2, -0.15) is 0 Å². The van der Waals surface area contributed by atoms with Crippen LogP contribution in [0.5, 0.6) is 0 Å². The van der Waals surface area contributed by atoms with Crippen molar-refractivity contribution in [1.82, 2.24) is 15.3 Å². The number of anilines is 3. The van der Waals surface area contributed by atoms with E-state index < -0.39 is 28.4 Å². The summed E-state index contributed by atoms with van der Waals surface area (Å²) in [5, 5.41) is 14.4. The van der Waals surface area contributed by atoms with Crippen LogP contribution in [-0.2, 0) is 14.8 Å². The van der Waals surface area contributed by atoms with Gasteiger partial charge in [0.05, 0.1) is 15.9 Å². The van der Waals surface area contributed by atoms with E-state index in [0.29, 0.717) is 21.7 Å².